The number of sulfonamides is 1. The number of fused-ring (bicyclic) bond motifs is 4. The third-order valence-electron chi connectivity index (χ3n) is 5.81. The van der Waals surface area contributed by atoms with Gasteiger partial charge in [0, 0.05) is 21.8 Å². The molecule has 1 aliphatic heterocycles. The number of ether oxygens (including phenoxy) is 1. The van der Waals surface area contributed by atoms with Crippen molar-refractivity contribution in [2.75, 3.05) is 16.6 Å². The lowest BCUT2D eigenvalue weighted by molar-refractivity contribution is 0.210. The first-order valence-electron chi connectivity index (χ1n) is 11.0. The molecule has 178 valence electrons. The minimum absolute atomic E-state index is 0.0476. The number of nitrogens with one attached hydrogen (secondary N) is 2. The molecule has 9 heteroatoms. The molecule has 0 saturated heterocycles. The lowest BCUT2D eigenvalue weighted by Crippen LogP contribution is -2.21. The van der Waals surface area contributed by atoms with Gasteiger partial charge in [-0.2, -0.15) is 4.98 Å². The zero-order valence-electron chi connectivity index (χ0n) is 19.1. The fourth-order valence-electron chi connectivity index (χ4n) is 4.09. The van der Waals surface area contributed by atoms with Gasteiger partial charge in [0.05, 0.1) is 17.1 Å². The average molecular weight is 551 g/mol. The van der Waals surface area contributed by atoms with Crippen LogP contribution in [-0.4, -0.2) is 24.9 Å². The first-order chi connectivity index (χ1) is 16.8. The summed E-state index contributed by atoms with van der Waals surface area (Å²) in [5, 5.41) is 3.30. The summed E-state index contributed by atoms with van der Waals surface area (Å²) >= 11 is 3.48. The van der Waals surface area contributed by atoms with Crippen molar-refractivity contribution in [3.05, 3.63) is 94.0 Å². The zero-order chi connectivity index (χ0) is 24.6. The molecule has 0 amide bonds. The standard InChI is InChI=1S/C26H23BrN4O3S/c1-16-5-3-6-17(2)25(16)22-14-24-30-26(29-22)31-35(32,33)21-8-4-7-20(13-21)28-15-23(34-24)18-9-11-19(27)12-10-18/h3-14,23,28H,15H2,1-2H3,(H,29,30,31). The highest BCUT2D eigenvalue weighted by Crippen LogP contribution is 2.32. The Morgan fingerprint density at radius 3 is 2.40 bits per heavy atom. The van der Waals surface area contributed by atoms with Crippen LogP contribution >= 0.6 is 15.9 Å². The SMILES string of the molecule is Cc1cccc(C)c1-c1cc2nc(n1)NS(=O)(=O)c1cccc(c1)NCC(c1ccc(Br)cc1)O2. The van der Waals surface area contributed by atoms with E-state index in [-0.39, 0.29) is 16.7 Å². The van der Waals surface area contributed by atoms with Gasteiger partial charge in [-0.25, -0.2) is 18.1 Å². The molecule has 2 N–H and O–H groups in total. The highest BCUT2D eigenvalue weighted by atomic mass is 79.9. The van der Waals surface area contributed by atoms with E-state index in [2.05, 4.69) is 35.9 Å². The fourth-order valence-corrected chi connectivity index (χ4v) is 5.34. The molecule has 4 bridgehead atoms. The zero-order valence-corrected chi connectivity index (χ0v) is 21.5. The number of hydrogen-bond donors (Lipinski definition) is 2. The molecule has 4 aromatic rings. The van der Waals surface area contributed by atoms with E-state index >= 15 is 0 Å². The monoisotopic (exact) mass is 550 g/mol. The summed E-state index contributed by atoms with van der Waals surface area (Å²) in [6, 6.07) is 22.2. The van der Waals surface area contributed by atoms with Crippen LogP contribution in [0.5, 0.6) is 5.88 Å². The van der Waals surface area contributed by atoms with Crippen molar-refractivity contribution in [3.8, 4) is 17.1 Å². The maximum Gasteiger partial charge on any atom is 0.264 e. The second-order valence-electron chi connectivity index (χ2n) is 8.35. The summed E-state index contributed by atoms with van der Waals surface area (Å²) in [4.78, 5) is 9.10. The lowest BCUT2D eigenvalue weighted by Gasteiger charge is -2.22. The van der Waals surface area contributed by atoms with E-state index in [1.54, 1.807) is 18.2 Å². The maximum atomic E-state index is 13.1. The van der Waals surface area contributed by atoms with Gasteiger partial charge >= 0.3 is 0 Å². The molecule has 1 aliphatic rings. The highest BCUT2D eigenvalue weighted by molar-refractivity contribution is 9.10. The summed E-state index contributed by atoms with van der Waals surface area (Å²) in [6.07, 6.45) is -0.392. The molecule has 2 heterocycles. The second-order valence-corrected chi connectivity index (χ2v) is 11.0. The number of aromatic nitrogens is 2. The van der Waals surface area contributed by atoms with Crippen molar-refractivity contribution in [1.82, 2.24) is 9.97 Å². The number of nitrogens with zero attached hydrogens (tertiary/aromatic N) is 2. The molecular weight excluding hydrogens is 528 g/mol. The van der Waals surface area contributed by atoms with Gasteiger partial charge in [-0.1, -0.05) is 52.3 Å². The van der Waals surface area contributed by atoms with Crippen LogP contribution in [0.4, 0.5) is 11.6 Å². The number of aryl methyl sites for hydroxylation is 2. The Bertz CT molecular complexity index is 1490. The minimum Gasteiger partial charge on any atom is -0.467 e. The molecule has 0 aliphatic carbocycles. The summed E-state index contributed by atoms with van der Waals surface area (Å²) in [5.41, 5.74) is 5.14. The van der Waals surface area contributed by atoms with E-state index < -0.39 is 16.1 Å². The average Bonchev–Trinajstić information content (AvgIpc) is 2.81. The molecule has 0 spiro atoms. The van der Waals surface area contributed by atoms with Crippen molar-refractivity contribution in [2.45, 2.75) is 24.8 Å². The molecule has 1 aromatic heterocycles. The van der Waals surface area contributed by atoms with Crippen molar-refractivity contribution >= 4 is 37.6 Å². The Balaban J connectivity index is 1.68. The van der Waals surface area contributed by atoms with Crippen LogP contribution in [0.25, 0.3) is 11.3 Å². The third-order valence-corrected chi connectivity index (χ3v) is 7.66. The number of anilines is 2. The van der Waals surface area contributed by atoms with Gasteiger partial charge in [0.25, 0.3) is 10.0 Å². The van der Waals surface area contributed by atoms with Gasteiger partial charge in [0.15, 0.2) is 0 Å². The Morgan fingerprint density at radius 1 is 0.943 bits per heavy atom. The largest absolute Gasteiger partial charge is 0.467 e. The lowest BCUT2D eigenvalue weighted by atomic mass is 10.00. The molecule has 35 heavy (non-hydrogen) atoms. The van der Waals surface area contributed by atoms with Gasteiger partial charge in [-0.15, -0.1) is 0 Å². The Labute approximate surface area is 212 Å². The van der Waals surface area contributed by atoms with E-state index in [0.29, 0.717) is 17.9 Å². The Morgan fingerprint density at radius 2 is 1.66 bits per heavy atom. The molecule has 7 nitrogen and oxygen atoms in total. The molecular formula is C26H23BrN4O3S. The minimum atomic E-state index is -3.91. The topological polar surface area (TPSA) is 93.2 Å². The van der Waals surface area contributed by atoms with Crippen LogP contribution in [0.2, 0.25) is 0 Å². The van der Waals surface area contributed by atoms with Gasteiger partial charge in [-0.3, -0.25) is 0 Å². The van der Waals surface area contributed by atoms with E-state index in [1.165, 1.54) is 6.07 Å². The van der Waals surface area contributed by atoms with E-state index in [0.717, 1.165) is 26.7 Å². The summed E-state index contributed by atoms with van der Waals surface area (Å²) in [7, 11) is -3.91. The molecule has 5 rings (SSSR count). The number of hydrogen-bond acceptors (Lipinski definition) is 6. The first kappa shape index (κ1) is 23.3. The molecule has 1 unspecified atom stereocenters. The predicted octanol–water partition coefficient (Wildman–Crippen LogP) is 5.87. The van der Waals surface area contributed by atoms with Crippen molar-refractivity contribution in [1.29, 1.82) is 0 Å². The van der Waals surface area contributed by atoms with Gasteiger partial charge in [0.1, 0.15) is 6.10 Å². The quantitative estimate of drug-likeness (QED) is 0.324. The van der Waals surface area contributed by atoms with Crippen LogP contribution in [0.3, 0.4) is 0 Å². The van der Waals surface area contributed by atoms with Crippen LogP contribution in [0.1, 0.15) is 22.8 Å². The highest BCUT2D eigenvalue weighted by Gasteiger charge is 2.22. The fraction of sp³-hybridized carbons (Fsp3) is 0.154. The molecule has 3 aromatic carbocycles. The van der Waals surface area contributed by atoms with Gasteiger partial charge < -0.3 is 10.1 Å². The van der Waals surface area contributed by atoms with Crippen LogP contribution in [0.15, 0.2) is 82.2 Å². The molecule has 0 saturated carbocycles. The third kappa shape index (κ3) is 5.01. The smallest absolute Gasteiger partial charge is 0.264 e. The van der Waals surface area contributed by atoms with Gasteiger partial charge in [0.2, 0.25) is 11.8 Å². The summed E-state index contributed by atoms with van der Waals surface area (Å²) in [5.74, 6) is 0.225. The molecule has 0 radical (unpaired) electrons. The van der Waals surface area contributed by atoms with E-state index in [4.69, 9.17) is 4.74 Å². The summed E-state index contributed by atoms with van der Waals surface area (Å²) in [6.45, 7) is 4.39. The van der Waals surface area contributed by atoms with Gasteiger partial charge in [-0.05, 0) is 60.9 Å². The predicted molar refractivity (Wildman–Crippen MR) is 140 cm³/mol. The normalized spacial score (nSPS) is 16.6. The number of rotatable bonds is 2. The molecule has 1 atom stereocenters. The second kappa shape index (κ2) is 9.31. The van der Waals surface area contributed by atoms with Crippen molar-refractivity contribution in [3.63, 3.8) is 0 Å². The van der Waals surface area contributed by atoms with E-state index in [1.807, 2.05) is 62.4 Å². The summed E-state index contributed by atoms with van der Waals surface area (Å²) < 4.78 is 36.1. The maximum absolute atomic E-state index is 13.1. The van der Waals surface area contributed by atoms with Crippen LogP contribution < -0.4 is 14.8 Å². The number of benzene rings is 3. The van der Waals surface area contributed by atoms with Crippen molar-refractivity contribution in [2.24, 2.45) is 0 Å². The van der Waals surface area contributed by atoms with E-state index in [9.17, 15) is 8.42 Å². The Hall–Kier alpha value is -3.43. The first-order valence-corrected chi connectivity index (χ1v) is 13.3. The van der Waals surface area contributed by atoms with Crippen LogP contribution in [0, 0.1) is 13.8 Å². The number of halogens is 1. The molecule has 0 fully saturated rings. The van der Waals surface area contributed by atoms with Crippen molar-refractivity contribution < 1.29 is 13.2 Å². The Kier molecular flexibility index (Phi) is 6.21. The van der Waals surface area contributed by atoms with Crippen LogP contribution in [-0.2, 0) is 10.0 Å².